The maximum Gasteiger partial charge on any atom is 0.337 e. The highest BCUT2D eigenvalue weighted by atomic mass is 32.2. The number of benzene rings is 2. The molecule has 8 heterocycles. The van der Waals surface area contributed by atoms with Crippen molar-refractivity contribution in [2.24, 2.45) is 0 Å². The number of hydrogen-bond donors (Lipinski definition) is 2. The van der Waals surface area contributed by atoms with Crippen LogP contribution in [0.3, 0.4) is 0 Å². The van der Waals surface area contributed by atoms with Crippen LogP contribution in [0.4, 0.5) is 23.5 Å². The number of nitrogens with zero attached hydrogens (tertiary/aromatic N) is 6. The average Bonchev–Trinajstić information content (AvgIpc) is 3.96. The fraction of sp³-hybridized carbons (Fsp3) is 0.531. The number of aromatic nitrogens is 4. The summed E-state index contributed by atoms with van der Waals surface area (Å²) < 4.78 is 58.6. The van der Waals surface area contributed by atoms with E-state index in [1.165, 1.54) is 7.11 Å². The average molecular weight is 971 g/mol. The third kappa shape index (κ3) is 11.5. The van der Waals surface area contributed by atoms with Crippen LogP contribution in [0.1, 0.15) is 78.7 Å². The Hall–Kier alpha value is -5.37. The van der Waals surface area contributed by atoms with Crippen LogP contribution in [-0.4, -0.2) is 137 Å². The van der Waals surface area contributed by atoms with E-state index in [0.717, 1.165) is 167 Å². The molecule has 0 bridgehead atoms. The van der Waals surface area contributed by atoms with E-state index in [-0.39, 0.29) is 24.2 Å². The first kappa shape index (κ1) is 47.7. The van der Waals surface area contributed by atoms with Gasteiger partial charge in [0, 0.05) is 120 Å². The van der Waals surface area contributed by atoms with Gasteiger partial charge in [0.15, 0.2) is 0 Å². The monoisotopic (exact) mass is 970 g/mol. The lowest BCUT2D eigenvalue weighted by Gasteiger charge is -2.33. The molecular formula is C49H62N8O9S2. The zero-order valence-corrected chi connectivity index (χ0v) is 40.6. The largest absolute Gasteiger partial charge is 0.497 e. The second kappa shape index (κ2) is 22.4. The molecule has 364 valence electrons. The topological polar surface area (TPSA) is 189 Å². The molecule has 0 saturated carbocycles. The van der Waals surface area contributed by atoms with Gasteiger partial charge in [0.1, 0.15) is 50.9 Å². The van der Waals surface area contributed by atoms with Gasteiger partial charge >= 0.3 is 5.97 Å². The third-order valence-electron chi connectivity index (χ3n) is 13.2. The Morgan fingerprint density at radius 1 is 0.632 bits per heavy atom. The van der Waals surface area contributed by atoms with E-state index >= 15 is 0 Å². The number of fused-ring (bicyclic) bond motifs is 2. The minimum atomic E-state index is -1.05. The van der Waals surface area contributed by atoms with Crippen LogP contribution in [-0.2, 0) is 53.4 Å². The molecule has 10 rings (SSSR count). The van der Waals surface area contributed by atoms with Crippen molar-refractivity contribution in [3.63, 3.8) is 0 Å². The molecule has 17 nitrogen and oxygen atoms in total. The highest BCUT2D eigenvalue weighted by Gasteiger charge is 2.32. The molecular weight excluding hydrogens is 909 g/mol. The minimum Gasteiger partial charge on any atom is -0.497 e. The molecule has 0 spiro atoms. The lowest BCUT2D eigenvalue weighted by molar-refractivity contribution is 0.0599. The molecule has 4 saturated heterocycles. The van der Waals surface area contributed by atoms with Crippen LogP contribution in [0.15, 0.2) is 64.9 Å². The van der Waals surface area contributed by atoms with Crippen molar-refractivity contribution < 1.29 is 41.6 Å². The zero-order chi connectivity index (χ0) is 47.0. The van der Waals surface area contributed by atoms with Gasteiger partial charge in [-0.3, -0.25) is 8.42 Å². The fourth-order valence-electron chi connectivity index (χ4n) is 9.30. The number of methoxy groups -OCH3 is 2. The van der Waals surface area contributed by atoms with Gasteiger partial charge in [-0.25, -0.2) is 14.8 Å². The molecule has 0 radical (unpaired) electrons. The van der Waals surface area contributed by atoms with Gasteiger partial charge in [-0.05, 0) is 68.1 Å². The van der Waals surface area contributed by atoms with Gasteiger partial charge < -0.3 is 48.9 Å². The molecule has 2 N–H and O–H groups in total. The first-order valence-corrected chi connectivity index (χ1v) is 26.5. The Kier molecular flexibility index (Phi) is 15.7. The number of carbonyl (C=O) groups excluding carboxylic acids is 1. The number of ether oxygens (including phenoxy) is 6. The summed E-state index contributed by atoms with van der Waals surface area (Å²) in [4.78, 5) is 37.1. The van der Waals surface area contributed by atoms with E-state index < -0.39 is 21.6 Å². The number of aryl methyl sites for hydroxylation is 2. The summed E-state index contributed by atoms with van der Waals surface area (Å²) >= 11 is 0. The van der Waals surface area contributed by atoms with Gasteiger partial charge in [0.2, 0.25) is 11.9 Å². The minimum absolute atomic E-state index is 0.0471. The van der Waals surface area contributed by atoms with Crippen molar-refractivity contribution in [2.75, 3.05) is 98.8 Å². The summed E-state index contributed by atoms with van der Waals surface area (Å²) in [5.41, 5.74) is 3.25. The maximum absolute atomic E-state index is 12.6. The highest BCUT2D eigenvalue weighted by Crippen LogP contribution is 2.34. The normalized spacial score (nSPS) is 21.2. The summed E-state index contributed by atoms with van der Waals surface area (Å²) in [6.07, 6.45) is 8.77. The standard InChI is InChI=1S/C25H32N4O4S.C24H30N4O5S/c1-17(31-2)18-3-5-20(6-4-18)33-21-7-12-29(13-8-21)25-27-22-11-16-34(30)23(22)24(28-25)26-19-9-14-32-15-10-19;1-31-23(29)16-3-2-4-19(15-16)33-18-5-10-28(11-6-18)24-26-20-9-14-34(30)21(20)22(27-24)25-17-7-12-32-13-8-17/h3-6,19,21H,1,7-16H2,2H3,(H,26,27,28);2-4,15,17-18H,5-14H2,1H3,(H,25,26,27). The molecule has 2 atom stereocenters. The summed E-state index contributed by atoms with van der Waals surface area (Å²) in [5, 5.41) is 7.10. The molecule has 4 fully saturated rings. The summed E-state index contributed by atoms with van der Waals surface area (Å²) in [5.74, 6) is 5.92. The van der Waals surface area contributed by atoms with Crippen LogP contribution in [0.2, 0.25) is 0 Å². The van der Waals surface area contributed by atoms with Crippen LogP contribution in [0, 0.1) is 0 Å². The first-order valence-electron chi connectivity index (χ1n) is 23.8. The van der Waals surface area contributed by atoms with Crippen LogP contribution in [0.5, 0.6) is 11.5 Å². The molecule has 6 aliphatic heterocycles. The van der Waals surface area contributed by atoms with Crippen molar-refractivity contribution in [1.82, 2.24) is 19.9 Å². The van der Waals surface area contributed by atoms with Crippen molar-refractivity contribution in [3.05, 3.63) is 77.6 Å². The Morgan fingerprint density at radius 3 is 1.59 bits per heavy atom. The highest BCUT2D eigenvalue weighted by molar-refractivity contribution is 7.85. The van der Waals surface area contributed by atoms with E-state index in [1.807, 2.05) is 30.3 Å². The van der Waals surface area contributed by atoms with Crippen molar-refractivity contribution in [1.29, 1.82) is 0 Å². The molecule has 19 heteroatoms. The Morgan fingerprint density at radius 2 is 1.12 bits per heavy atom. The van der Waals surface area contributed by atoms with Crippen molar-refractivity contribution >= 4 is 56.9 Å². The molecule has 6 aliphatic rings. The number of piperidine rings is 2. The predicted molar refractivity (Wildman–Crippen MR) is 261 cm³/mol. The van der Waals surface area contributed by atoms with E-state index in [9.17, 15) is 13.2 Å². The molecule has 2 aromatic heterocycles. The number of esters is 1. The number of rotatable bonds is 13. The molecule has 4 aromatic rings. The van der Waals surface area contributed by atoms with E-state index in [0.29, 0.717) is 40.6 Å². The van der Waals surface area contributed by atoms with Crippen LogP contribution < -0.4 is 29.9 Å². The van der Waals surface area contributed by atoms with E-state index in [2.05, 4.69) is 27.0 Å². The smallest absolute Gasteiger partial charge is 0.337 e. The summed E-state index contributed by atoms with van der Waals surface area (Å²) in [6, 6.07) is 15.5. The van der Waals surface area contributed by atoms with Crippen LogP contribution >= 0.6 is 0 Å². The molecule has 0 aliphatic carbocycles. The predicted octanol–water partition coefficient (Wildman–Crippen LogP) is 5.96. The molecule has 68 heavy (non-hydrogen) atoms. The van der Waals surface area contributed by atoms with Crippen molar-refractivity contribution in [2.45, 2.75) is 98.3 Å². The SMILES string of the molecule is C=C(OC)c1ccc(OC2CCN(c3nc4c(c(NC5CCOCC5)n3)S(=O)CC4)CC2)cc1.COC(=O)c1cccc(OC2CCN(c3nc4c(c(NC5CCOCC5)n3)S(=O)CC4)CC2)c1. The molecule has 0 amide bonds. The summed E-state index contributed by atoms with van der Waals surface area (Å²) in [6.45, 7) is 10.0. The number of anilines is 4. The molecule has 2 aromatic carbocycles. The Balaban J connectivity index is 0.000000170. The third-order valence-corrected chi connectivity index (χ3v) is 16.1. The Labute approximate surface area is 403 Å². The number of carbonyl (C=O) groups is 1. The van der Waals surface area contributed by atoms with Gasteiger partial charge in [-0.2, -0.15) is 9.97 Å². The number of hydrogen-bond acceptors (Lipinski definition) is 17. The van der Waals surface area contributed by atoms with Crippen LogP contribution in [0.25, 0.3) is 5.76 Å². The van der Waals surface area contributed by atoms with Gasteiger partial charge in [-0.1, -0.05) is 12.6 Å². The van der Waals surface area contributed by atoms with Gasteiger partial charge in [0.25, 0.3) is 0 Å². The second-order valence-corrected chi connectivity index (χ2v) is 20.8. The molecule has 2 unspecified atom stereocenters. The zero-order valence-electron chi connectivity index (χ0n) is 39.0. The van der Waals surface area contributed by atoms with Gasteiger partial charge in [0.05, 0.1) is 52.8 Å². The Bertz CT molecular complexity index is 2450. The second-order valence-electron chi connectivity index (χ2n) is 17.7. The number of nitrogens with one attached hydrogen (secondary N) is 2. The van der Waals surface area contributed by atoms with E-state index in [1.54, 1.807) is 25.3 Å². The van der Waals surface area contributed by atoms with E-state index in [4.69, 9.17) is 48.4 Å². The van der Waals surface area contributed by atoms with Gasteiger partial charge in [-0.15, -0.1) is 0 Å². The quantitative estimate of drug-likeness (QED) is 0.118. The lowest BCUT2D eigenvalue weighted by Crippen LogP contribution is -2.39. The van der Waals surface area contributed by atoms with Crippen molar-refractivity contribution in [3.8, 4) is 11.5 Å². The lowest BCUT2D eigenvalue weighted by atomic mass is 10.1. The summed E-state index contributed by atoms with van der Waals surface area (Å²) in [7, 11) is 0.907. The first-order chi connectivity index (χ1) is 33.2. The maximum atomic E-state index is 12.6. The fourth-order valence-corrected chi connectivity index (χ4v) is 11.9.